The summed E-state index contributed by atoms with van der Waals surface area (Å²) in [6.45, 7) is 13.6. The van der Waals surface area contributed by atoms with Crippen molar-refractivity contribution in [3.05, 3.63) is 29.8 Å². The average molecular weight is 307 g/mol. The lowest BCUT2D eigenvalue weighted by atomic mass is 10.2. The molecule has 0 bridgehead atoms. The maximum absolute atomic E-state index is 11.6. The van der Waals surface area contributed by atoms with Crippen molar-refractivity contribution in [2.45, 2.75) is 46.5 Å². The van der Waals surface area contributed by atoms with Gasteiger partial charge in [0.05, 0.1) is 8.07 Å². The number of hydrogen-bond acceptors (Lipinski definition) is 2. The lowest BCUT2D eigenvalue weighted by molar-refractivity contribution is -0.121. The summed E-state index contributed by atoms with van der Waals surface area (Å²) in [7, 11) is -1.20. The van der Waals surface area contributed by atoms with E-state index in [2.05, 4.69) is 68.4 Å². The Morgan fingerprint density at radius 1 is 1.14 bits per heavy atom. The summed E-state index contributed by atoms with van der Waals surface area (Å²) in [6.07, 6.45) is 0.541. The first-order chi connectivity index (χ1) is 9.79. The summed E-state index contributed by atoms with van der Waals surface area (Å²) < 4.78 is 0. The Morgan fingerprint density at radius 2 is 1.76 bits per heavy atom. The molecule has 0 spiro atoms. The molecule has 21 heavy (non-hydrogen) atoms. The second kappa shape index (κ2) is 8.34. The van der Waals surface area contributed by atoms with Gasteiger partial charge in [0.2, 0.25) is 5.91 Å². The van der Waals surface area contributed by atoms with Crippen LogP contribution in [0.3, 0.4) is 0 Å². The lowest BCUT2D eigenvalue weighted by Gasteiger charge is -2.16. The Labute approximate surface area is 130 Å². The fraction of sp³-hybridized carbons (Fsp3) is 0.588. The van der Waals surface area contributed by atoms with Crippen LogP contribution in [0.4, 0.5) is 0 Å². The Morgan fingerprint density at radius 3 is 2.29 bits per heavy atom. The summed E-state index contributed by atoms with van der Waals surface area (Å²) >= 11 is 0. The molecule has 0 atom stereocenters. The zero-order valence-electron chi connectivity index (χ0n) is 14.1. The topological polar surface area (TPSA) is 41.1 Å². The van der Waals surface area contributed by atoms with Crippen LogP contribution in [-0.2, 0) is 11.3 Å². The van der Waals surface area contributed by atoms with Crippen molar-refractivity contribution in [2.24, 2.45) is 5.92 Å². The van der Waals surface area contributed by atoms with E-state index >= 15 is 0 Å². The second-order valence-electron chi connectivity index (χ2n) is 7.07. The van der Waals surface area contributed by atoms with Crippen LogP contribution in [0.2, 0.25) is 19.6 Å². The third-order valence-electron chi connectivity index (χ3n) is 3.39. The molecule has 0 aliphatic rings. The number of nitrogens with one attached hydrogen (secondary N) is 2. The second-order valence-corrected chi connectivity index (χ2v) is 12.1. The predicted molar refractivity (Wildman–Crippen MR) is 93.6 cm³/mol. The quantitative estimate of drug-likeness (QED) is 0.572. The van der Waals surface area contributed by atoms with E-state index in [1.165, 1.54) is 10.8 Å². The predicted octanol–water partition coefficient (Wildman–Crippen LogP) is 2.48. The van der Waals surface area contributed by atoms with Crippen molar-refractivity contribution in [2.75, 3.05) is 13.1 Å². The minimum atomic E-state index is -1.20. The maximum Gasteiger partial charge on any atom is 0.221 e. The highest BCUT2D eigenvalue weighted by Gasteiger charge is 2.15. The molecule has 0 saturated carbocycles. The third-order valence-corrected chi connectivity index (χ3v) is 5.45. The smallest absolute Gasteiger partial charge is 0.221 e. The van der Waals surface area contributed by atoms with E-state index in [1.807, 2.05) is 0 Å². The molecule has 4 heteroatoms. The van der Waals surface area contributed by atoms with E-state index in [-0.39, 0.29) is 5.91 Å². The molecule has 0 aliphatic carbocycles. The monoisotopic (exact) mass is 306 g/mol. The van der Waals surface area contributed by atoms with Crippen molar-refractivity contribution in [3.8, 4) is 0 Å². The molecule has 1 aromatic rings. The molecule has 2 N–H and O–H groups in total. The van der Waals surface area contributed by atoms with Gasteiger partial charge in [-0.2, -0.15) is 0 Å². The molecule has 1 aromatic carbocycles. The van der Waals surface area contributed by atoms with Gasteiger partial charge in [-0.3, -0.25) is 4.79 Å². The SMILES string of the molecule is CC(C)CNC(=O)CCNCc1ccc([Si](C)(C)C)cc1. The van der Waals surface area contributed by atoms with Crippen LogP contribution in [0.1, 0.15) is 25.8 Å². The van der Waals surface area contributed by atoms with E-state index in [0.717, 1.165) is 19.6 Å². The van der Waals surface area contributed by atoms with Crippen molar-refractivity contribution >= 4 is 19.2 Å². The van der Waals surface area contributed by atoms with Crippen molar-refractivity contribution in [3.63, 3.8) is 0 Å². The Bertz CT molecular complexity index is 435. The van der Waals surface area contributed by atoms with Crippen molar-refractivity contribution in [1.82, 2.24) is 10.6 Å². The fourth-order valence-corrected chi connectivity index (χ4v) is 3.13. The minimum absolute atomic E-state index is 0.130. The maximum atomic E-state index is 11.6. The van der Waals surface area contributed by atoms with E-state index in [4.69, 9.17) is 0 Å². The first kappa shape index (κ1) is 17.9. The number of carbonyl (C=O) groups excluding carboxylic acids is 1. The molecule has 0 heterocycles. The van der Waals surface area contributed by atoms with Gasteiger partial charge in [-0.25, -0.2) is 0 Å². The highest BCUT2D eigenvalue weighted by Crippen LogP contribution is 2.04. The van der Waals surface area contributed by atoms with Crippen LogP contribution in [0.15, 0.2) is 24.3 Å². The zero-order chi connectivity index (χ0) is 15.9. The van der Waals surface area contributed by atoms with Crippen molar-refractivity contribution in [1.29, 1.82) is 0 Å². The molecule has 0 aromatic heterocycles. The van der Waals surface area contributed by atoms with Gasteiger partial charge in [-0.15, -0.1) is 0 Å². The van der Waals surface area contributed by atoms with Gasteiger partial charge in [0.25, 0.3) is 0 Å². The van der Waals surface area contributed by atoms with Gasteiger partial charge in [0.15, 0.2) is 0 Å². The largest absolute Gasteiger partial charge is 0.356 e. The van der Waals surface area contributed by atoms with Crippen LogP contribution in [0, 0.1) is 5.92 Å². The molecule has 3 nitrogen and oxygen atoms in total. The van der Waals surface area contributed by atoms with Crippen LogP contribution in [0.25, 0.3) is 0 Å². The van der Waals surface area contributed by atoms with Crippen LogP contribution >= 0.6 is 0 Å². The summed E-state index contributed by atoms with van der Waals surface area (Å²) in [6, 6.07) is 8.88. The number of benzene rings is 1. The van der Waals surface area contributed by atoms with E-state index in [1.54, 1.807) is 0 Å². The summed E-state index contributed by atoms with van der Waals surface area (Å²) in [5.41, 5.74) is 1.28. The van der Waals surface area contributed by atoms with Crippen molar-refractivity contribution < 1.29 is 4.79 Å². The van der Waals surface area contributed by atoms with E-state index in [9.17, 15) is 4.79 Å². The van der Waals surface area contributed by atoms with Gasteiger partial charge in [0.1, 0.15) is 0 Å². The normalized spacial score (nSPS) is 11.7. The highest BCUT2D eigenvalue weighted by molar-refractivity contribution is 6.88. The molecule has 0 saturated heterocycles. The van der Waals surface area contributed by atoms with Gasteiger partial charge in [0, 0.05) is 26.1 Å². The molecule has 0 radical (unpaired) electrons. The number of carbonyl (C=O) groups is 1. The summed E-state index contributed by atoms with van der Waals surface area (Å²) in [5, 5.41) is 7.74. The van der Waals surface area contributed by atoms with E-state index in [0.29, 0.717) is 12.3 Å². The van der Waals surface area contributed by atoms with Crippen LogP contribution in [-0.4, -0.2) is 27.1 Å². The molecule has 0 fully saturated rings. The number of hydrogen-bond donors (Lipinski definition) is 2. The molecule has 118 valence electrons. The van der Waals surface area contributed by atoms with Gasteiger partial charge in [-0.05, 0) is 11.5 Å². The molecule has 1 amide bonds. The van der Waals surface area contributed by atoms with Crippen LogP contribution < -0.4 is 15.8 Å². The number of rotatable bonds is 8. The Balaban J connectivity index is 2.25. The first-order valence-electron chi connectivity index (χ1n) is 7.86. The molecule has 0 unspecified atom stereocenters. The van der Waals surface area contributed by atoms with E-state index < -0.39 is 8.07 Å². The molecule has 0 aliphatic heterocycles. The standard InChI is InChI=1S/C17H30N2OSi/c1-14(2)12-19-17(20)10-11-18-13-15-6-8-16(9-7-15)21(3,4)5/h6-9,14,18H,10-13H2,1-5H3,(H,19,20). The number of amides is 1. The van der Waals surface area contributed by atoms with Gasteiger partial charge >= 0.3 is 0 Å². The summed E-state index contributed by atoms with van der Waals surface area (Å²) in [5.74, 6) is 0.636. The summed E-state index contributed by atoms with van der Waals surface area (Å²) in [4.78, 5) is 11.6. The minimum Gasteiger partial charge on any atom is -0.356 e. The average Bonchev–Trinajstić information content (AvgIpc) is 2.41. The first-order valence-corrected chi connectivity index (χ1v) is 11.4. The highest BCUT2D eigenvalue weighted by atomic mass is 28.3. The zero-order valence-corrected chi connectivity index (χ0v) is 15.1. The van der Waals surface area contributed by atoms with Gasteiger partial charge in [-0.1, -0.05) is 62.9 Å². The van der Waals surface area contributed by atoms with Gasteiger partial charge < -0.3 is 10.6 Å². The third kappa shape index (κ3) is 7.44. The Hall–Kier alpha value is -1.13. The Kier molecular flexibility index (Phi) is 7.12. The molecular formula is C17H30N2OSi. The fourth-order valence-electron chi connectivity index (χ4n) is 1.96. The molecule has 1 rings (SSSR count). The van der Waals surface area contributed by atoms with Crippen LogP contribution in [0.5, 0.6) is 0 Å². The molecular weight excluding hydrogens is 276 g/mol. The lowest BCUT2D eigenvalue weighted by Crippen LogP contribution is -2.37.